The van der Waals surface area contributed by atoms with Crippen molar-refractivity contribution in [2.75, 3.05) is 0 Å². The molecule has 0 aliphatic carbocycles. The quantitative estimate of drug-likeness (QED) is 0.645. The molecule has 134 valence electrons. The van der Waals surface area contributed by atoms with Crippen LogP contribution in [0.4, 0.5) is 0 Å². The van der Waals surface area contributed by atoms with E-state index >= 15 is 0 Å². The monoisotopic (exact) mass is 421 g/mol. The van der Waals surface area contributed by atoms with Crippen molar-refractivity contribution in [2.24, 2.45) is 5.10 Å². The summed E-state index contributed by atoms with van der Waals surface area (Å²) in [6, 6.07) is 17.3. The van der Waals surface area contributed by atoms with Gasteiger partial charge in [-0.3, -0.25) is 4.98 Å². The molecule has 2 atom stereocenters. The summed E-state index contributed by atoms with van der Waals surface area (Å²) in [5, 5.41) is 16.5. The number of nitrogens with zero attached hydrogens (tertiary/aromatic N) is 3. The maximum atomic E-state index is 9.58. The SMILES string of the molecule is Oc1ccc(C2=NN3[C@@H](C2)c2cc(Br)ccc2O[C@H]3c2ccncc2)cc1. The summed E-state index contributed by atoms with van der Waals surface area (Å²) in [5.41, 5.74) is 4.12. The second-order valence-electron chi connectivity index (χ2n) is 6.63. The summed E-state index contributed by atoms with van der Waals surface area (Å²) in [6.07, 6.45) is 4.01. The van der Waals surface area contributed by atoms with E-state index in [0.29, 0.717) is 0 Å². The number of hydrogen-bond donors (Lipinski definition) is 1. The van der Waals surface area contributed by atoms with Crippen molar-refractivity contribution in [3.8, 4) is 11.5 Å². The molecule has 0 spiro atoms. The molecule has 6 heteroatoms. The number of hydrazone groups is 1. The zero-order valence-electron chi connectivity index (χ0n) is 14.3. The number of fused-ring (bicyclic) bond motifs is 3. The Balaban J connectivity index is 1.60. The second kappa shape index (κ2) is 6.39. The van der Waals surface area contributed by atoms with Crippen LogP contribution in [0.1, 0.15) is 35.4 Å². The smallest absolute Gasteiger partial charge is 0.213 e. The second-order valence-corrected chi connectivity index (χ2v) is 7.54. The predicted octanol–water partition coefficient (Wildman–Crippen LogP) is 4.79. The van der Waals surface area contributed by atoms with Gasteiger partial charge in [-0.1, -0.05) is 15.9 Å². The molecule has 0 bridgehead atoms. The van der Waals surface area contributed by atoms with Crippen molar-refractivity contribution >= 4 is 21.6 Å². The van der Waals surface area contributed by atoms with Crippen LogP contribution in [-0.4, -0.2) is 20.8 Å². The van der Waals surface area contributed by atoms with E-state index in [4.69, 9.17) is 9.84 Å². The highest BCUT2D eigenvalue weighted by Crippen LogP contribution is 2.48. The third kappa shape index (κ3) is 2.86. The van der Waals surface area contributed by atoms with Crippen molar-refractivity contribution in [1.82, 2.24) is 9.99 Å². The van der Waals surface area contributed by atoms with Gasteiger partial charge >= 0.3 is 0 Å². The molecule has 27 heavy (non-hydrogen) atoms. The maximum absolute atomic E-state index is 9.58. The van der Waals surface area contributed by atoms with Gasteiger partial charge in [-0.15, -0.1) is 0 Å². The molecular weight excluding hydrogens is 406 g/mol. The summed E-state index contributed by atoms with van der Waals surface area (Å²) < 4.78 is 7.34. The van der Waals surface area contributed by atoms with E-state index in [2.05, 4.69) is 27.0 Å². The van der Waals surface area contributed by atoms with Gasteiger partial charge in [0.25, 0.3) is 0 Å². The summed E-state index contributed by atoms with van der Waals surface area (Å²) in [6.45, 7) is 0. The van der Waals surface area contributed by atoms with Crippen LogP contribution in [0, 0.1) is 0 Å². The van der Waals surface area contributed by atoms with Crippen molar-refractivity contribution in [3.05, 3.63) is 88.2 Å². The number of rotatable bonds is 2. The molecule has 0 radical (unpaired) electrons. The minimum absolute atomic E-state index is 0.0909. The van der Waals surface area contributed by atoms with Crippen LogP contribution in [0.25, 0.3) is 0 Å². The lowest BCUT2D eigenvalue weighted by atomic mass is 9.96. The zero-order chi connectivity index (χ0) is 18.4. The van der Waals surface area contributed by atoms with Crippen LogP contribution in [0.3, 0.4) is 0 Å². The lowest BCUT2D eigenvalue weighted by molar-refractivity contribution is -0.0191. The Bertz CT molecular complexity index is 1020. The molecule has 0 unspecified atom stereocenters. The largest absolute Gasteiger partial charge is 0.508 e. The van der Waals surface area contributed by atoms with Gasteiger partial charge in [-0.05, 0) is 60.2 Å². The summed E-state index contributed by atoms with van der Waals surface area (Å²) >= 11 is 3.57. The van der Waals surface area contributed by atoms with Gasteiger partial charge < -0.3 is 9.84 Å². The van der Waals surface area contributed by atoms with Gasteiger partial charge in [0.2, 0.25) is 6.23 Å². The van der Waals surface area contributed by atoms with Crippen LogP contribution in [-0.2, 0) is 0 Å². The van der Waals surface area contributed by atoms with E-state index in [-0.39, 0.29) is 18.0 Å². The molecule has 3 aromatic rings. The first-order chi connectivity index (χ1) is 13.2. The van der Waals surface area contributed by atoms with Crippen LogP contribution in [0.15, 0.2) is 76.6 Å². The molecule has 1 aromatic heterocycles. The fourth-order valence-corrected chi connectivity index (χ4v) is 4.01. The minimum Gasteiger partial charge on any atom is -0.508 e. The Kier molecular flexibility index (Phi) is 3.86. The summed E-state index contributed by atoms with van der Waals surface area (Å²) in [4.78, 5) is 4.11. The fraction of sp³-hybridized carbons (Fsp3) is 0.143. The molecule has 0 fully saturated rings. The van der Waals surface area contributed by atoms with Crippen molar-refractivity contribution < 1.29 is 9.84 Å². The predicted molar refractivity (Wildman–Crippen MR) is 106 cm³/mol. The maximum Gasteiger partial charge on any atom is 0.213 e. The van der Waals surface area contributed by atoms with Gasteiger partial charge in [0.1, 0.15) is 11.5 Å². The lowest BCUT2D eigenvalue weighted by Gasteiger charge is -2.38. The molecular formula is C21H16BrN3O2. The highest BCUT2D eigenvalue weighted by Gasteiger charge is 2.41. The van der Waals surface area contributed by atoms with Crippen molar-refractivity contribution in [2.45, 2.75) is 18.7 Å². The van der Waals surface area contributed by atoms with E-state index in [1.54, 1.807) is 24.5 Å². The molecule has 2 aromatic carbocycles. The minimum atomic E-state index is -0.304. The number of ether oxygens (including phenoxy) is 1. The Labute approximate surface area is 165 Å². The van der Waals surface area contributed by atoms with Gasteiger partial charge in [0.15, 0.2) is 0 Å². The number of pyridine rings is 1. The zero-order valence-corrected chi connectivity index (χ0v) is 15.9. The molecule has 0 amide bonds. The first kappa shape index (κ1) is 16.3. The number of halogens is 1. The van der Waals surface area contributed by atoms with Gasteiger partial charge in [0.05, 0.1) is 11.8 Å². The molecule has 0 saturated carbocycles. The van der Waals surface area contributed by atoms with Gasteiger partial charge in [-0.2, -0.15) is 5.10 Å². The van der Waals surface area contributed by atoms with Crippen LogP contribution >= 0.6 is 15.9 Å². The molecule has 1 N–H and O–H groups in total. The summed E-state index contributed by atoms with van der Waals surface area (Å²) in [7, 11) is 0. The van der Waals surface area contributed by atoms with E-state index in [1.807, 2.05) is 41.4 Å². The van der Waals surface area contributed by atoms with Crippen molar-refractivity contribution in [1.29, 1.82) is 0 Å². The number of hydrogen-bond acceptors (Lipinski definition) is 5. The number of benzene rings is 2. The third-order valence-corrected chi connectivity index (χ3v) is 5.44. The van der Waals surface area contributed by atoms with E-state index < -0.39 is 0 Å². The highest BCUT2D eigenvalue weighted by molar-refractivity contribution is 9.10. The molecule has 0 saturated heterocycles. The third-order valence-electron chi connectivity index (χ3n) is 4.94. The van der Waals surface area contributed by atoms with Gasteiger partial charge in [0, 0.05) is 34.4 Å². The number of phenolic OH excluding ortho intramolecular Hbond substituents is 1. The number of aromatic nitrogens is 1. The Hall–Kier alpha value is -2.86. The topological polar surface area (TPSA) is 58.0 Å². The summed E-state index contributed by atoms with van der Waals surface area (Å²) in [5.74, 6) is 1.13. The van der Waals surface area contributed by atoms with Crippen LogP contribution in [0.2, 0.25) is 0 Å². The standard InChI is InChI=1S/C21H16BrN3O2/c22-15-3-6-20-17(11-15)19-12-18(13-1-4-16(26)5-2-13)24-25(19)21(27-20)14-7-9-23-10-8-14/h1-11,19,21,26H,12H2/t19-,21-/m0/s1. The number of phenols is 1. The van der Waals surface area contributed by atoms with E-state index in [0.717, 1.165) is 39.0 Å². The van der Waals surface area contributed by atoms with Gasteiger partial charge in [-0.25, -0.2) is 5.01 Å². The average molecular weight is 422 g/mol. The van der Waals surface area contributed by atoms with Crippen LogP contribution < -0.4 is 4.74 Å². The molecule has 3 heterocycles. The molecule has 5 rings (SSSR count). The Morgan fingerprint density at radius 3 is 2.59 bits per heavy atom. The lowest BCUT2D eigenvalue weighted by Crippen LogP contribution is -2.33. The fourth-order valence-electron chi connectivity index (χ4n) is 3.63. The molecule has 5 nitrogen and oxygen atoms in total. The Morgan fingerprint density at radius 1 is 1.04 bits per heavy atom. The normalized spacial score (nSPS) is 20.5. The average Bonchev–Trinajstić information content (AvgIpc) is 3.14. The first-order valence-corrected chi connectivity index (χ1v) is 9.49. The number of aromatic hydroxyl groups is 1. The molecule has 2 aliphatic rings. The van der Waals surface area contributed by atoms with E-state index in [9.17, 15) is 5.11 Å². The Morgan fingerprint density at radius 2 is 1.81 bits per heavy atom. The molecule has 2 aliphatic heterocycles. The van der Waals surface area contributed by atoms with Crippen LogP contribution in [0.5, 0.6) is 11.5 Å². The van der Waals surface area contributed by atoms with E-state index in [1.165, 1.54) is 0 Å². The highest BCUT2D eigenvalue weighted by atomic mass is 79.9. The first-order valence-electron chi connectivity index (χ1n) is 8.70. The van der Waals surface area contributed by atoms with Crippen molar-refractivity contribution in [3.63, 3.8) is 0 Å².